The number of halogens is 3. The van der Waals surface area contributed by atoms with Crippen LogP contribution in [0, 0.1) is 13.8 Å². The molecule has 2 aromatic rings. The third-order valence-corrected chi connectivity index (χ3v) is 5.45. The Morgan fingerprint density at radius 3 is 2.15 bits per heavy atom. The van der Waals surface area contributed by atoms with Crippen LogP contribution in [0.4, 0.5) is 0 Å². The van der Waals surface area contributed by atoms with Crippen molar-refractivity contribution in [2.75, 3.05) is 7.05 Å². The van der Waals surface area contributed by atoms with E-state index in [9.17, 15) is 0 Å². The predicted octanol–water partition coefficient (Wildman–Crippen LogP) is 5.90. The first kappa shape index (κ1) is 16.2. The number of hydrogen-bond donors (Lipinski definition) is 1. The molecule has 0 aromatic heterocycles. The minimum absolute atomic E-state index is 0.171. The van der Waals surface area contributed by atoms with Gasteiger partial charge in [-0.05, 0) is 61.3 Å². The van der Waals surface area contributed by atoms with Crippen molar-refractivity contribution in [1.29, 1.82) is 0 Å². The van der Waals surface area contributed by atoms with Gasteiger partial charge in [0.25, 0.3) is 0 Å². The summed E-state index contributed by atoms with van der Waals surface area (Å²) in [4.78, 5) is 0. The van der Waals surface area contributed by atoms with Gasteiger partial charge in [-0.25, -0.2) is 0 Å². The molecule has 4 heteroatoms. The molecular weight excluding hydrogens is 446 g/mol. The Labute approximate surface area is 145 Å². The second-order valence-electron chi connectivity index (χ2n) is 4.85. The van der Waals surface area contributed by atoms with Crippen molar-refractivity contribution in [1.82, 2.24) is 5.32 Å². The van der Waals surface area contributed by atoms with Crippen LogP contribution in [0.15, 0.2) is 43.7 Å². The first-order valence-electron chi connectivity index (χ1n) is 6.33. The van der Waals surface area contributed by atoms with Gasteiger partial charge in [-0.2, -0.15) is 0 Å². The molecule has 0 saturated heterocycles. The second-order valence-corrected chi connectivity index (χ2v) is 7.47. The Morgan fingerprint density at radius 2 is 1.55 bits per heavy atom. The van der Waals surface area contributed by atoms with Crippen LogP contribution >= 0.6 is 47.8 Å². The van der Waals surface area contributed by atoms with Gasteiger partial charge in [0.05, 0.1) is 6.04 Å². The zero-order valence-electron chi connectivity index (χ0n) is 11.6. The molecule has 2 aromatic carbocycles. The molecule has 0 aliphatic heterocycles. The molecule has 1 unspecified atom stereocenters. The topological polar surface area (TPSA) is 12.0 Å². The lowest BCUT2D eigenvalue weighted by molar-refractivity contribution is 0.684. The Kier molecular flexibility index (Phi) is 5.46. The summed E-state index contributed by atoms with van der Waals surface area (Å²) in [5, 5.41) is 3.42. The lowest BCUT2D eigenvalue weighted by Crippen LogP contribution is -2.19. The van der Waals surface area contributed by atoms with Crippen molar-refractivity contribution in [3.8, 4) is 0 Å². The van der Waals surface area contributed by atoms with Crippen LogP contribution < -0.4 is 5.32 Å². The molecule has 106 valence electrons. The first-order chi connectivity index (χ1) is 9.43. The van der Waals surface area contributed by atoms with Crippen LogP contribution in [0.2, 0.25) is 0 Å². The van der Waals surface area contributed by atoms with Gasteiger partial charge in [-0.3, -0.25) is 0 Å². The fourth-order valence-electron chi connectivity index (χ4n) is 2.33. The van der Waals surface area contributed by atoms with Gasteiger partial charge in [-0.1, -0.05) is 59.9 Å². The van der Waals surface area contributed by atoms with Crippen molar-refractivity contribution in [2.45, 2.75) is 19.9 Å². The van der Waals surface area contributed by atoms with Crippen molar-refractivity contribution in [2.24, 2.45) is 0 Å². The molecule has 0 fully saturated rings. The molecular formula is C16H16Br3N. The molecule has 2 rings (SSSR count). The third-order valence-electron chi connectivity index (χ3n) is 3.42. The minimum atomic E-state index is 0.171. The van der Waals surface area contributed by atoms with E-state index in [1.165, 1.54) is 22.3 Å². The summed E-state index contributed by atoms with van der Waals surface area (Å²) in [5.41, 5.74) is 5.06. The Hall–Kier alpha value is -0.160. The predicted molar refractivity (Wildman–Crippen MR) is 96.4 cm³/mol. The molecule has 1 nitrogen and oxygen atoms in total. The molecule has 0 aliphatic rings. The zero-order chi connectivity index (χ0) is 14.9. The van der Waals surface area contributed by atoms with Crippen LogP contribution in [-0.2, 0) is 0 Å². The van der Waals surface area contributed by atoms with Gasteiger partial charge in [0, 0.05) is 13.4 Å². The SMILES string of the molecule is CNC(c1cc(C)c(Br)cc1C)c1ccc(Br)cc1Br. The normalized spacial score (nSPS) is 12.5. The molecule has 0 spiro atoms. The van der Waals surface area contributed by atoms with Gasteiger partial charge in [0.2, 0.25) is 0 Å². The van der Waals surface area contributed by atoms with Gasteiger partial charge >= 0.3 is 0 Å². The van der Waals surface area contributed by atoms with Crippen LogP contribution in [-0.4, -0.2) is 7.05 Å². The van der Waals surface area contributed by atoms with Crippen LogP contribution in [0.25, 0.3) is 0 Å². The van der Waals surface area contributed by atoms with E-state index in [-0.39, 0.29) is 6.04 Å². The maximum Gasteiger partial charge on any atom is 0.0588 e. The maximum atomic E-state index is 3.66. The fraction of sp³-hybridized carbons (Fsp3) is 0.250. The van der Waals surface area contributed by atoms with Gasteiger partial charge < -0.3 is 5.32 Å². The van der Waals surface area contributed by atoms with E-state index in [0.717, 1.165) is 13.4 Å². The lowest BCUT2D eigenvalue weighted by Gasteiger charge is -2.22. The Balaban J connectivity index is 2.55. The minimum Gasteiger partial charge on any atom is -0.309 e. The molecule has 1 N–H and O–H groups in total. The molecule has 0 heterocycles. The number of aryl methyl sites for hydroxylation is 2. The highest BCUT2D eigenvalue weighted by molar-refractivity contribution is 9.11. The second kappa shape index (κ2) is 6.73. The van der Waals surface area contributed by atoms with Crippen molar-refractivity contribution >= 4 is 47.8 Å². The Morgan fingerprint density at radius 1 is 0.850 bits per heavy atom. The Bertz CT molecular complexity index is 638. The average molecular weight is 462 g/mol. The van der Waals surface area contributed by atoms with Gasteiger partial charge in [-0.15, -0.1) is 0 Å². The van der Waals surface area contributed by atoms with Crippen molar-refractivity contribution < 1.29 is 0 Å². The van der Waals surface area contributed by atoms with Crippen LogP contribution in [0.5, 0.6) is 0 Å². The van der Waals surface area contributed by atoms with Crippen molar-refractivity contribution in [3.05, 3.63) is 66.0 Å². The molecule has 0 amide bonds. The first-order valence-corrected chi connectivity index (χ1v) is 8.70. The standard InChI is InChI=1S/C16H16Br3N/c1-9-7-14(18)10(2)6-13(9)16(20-3)12-5-4-11(17)8-15(12)19/h4-8,16,20H,1-3H3. The van der Waals surface area contributed by atoms with E-state index in [1.54, 1.807) is 0 Å². The van der Waals surface area contributed by atoms with E-state index < -0.39 is 0 Å². The van der Waals surface area contributed by atoms with E-state index in [2.05, 4.69) is 97.3 Å². The van der Waals surface area contributed by atoms with Crippen LogP contribution in [0.1, 0.15) is 28.3 Å². The third kappa shape index (κ3) is 3.35. The summed E-state index contributed by atoms with van der Waals surface area (Å²) in [6.07, 6.45) is 0. The number of nitrogens with one attached hydrogen (secondary N) is 1. The summed E-state index contributed by atoms with van der Waals surface area (Å²) >= 11 is 10.8. The van der Waals surface area contributed by atoms with Crippen LogP contribution in [0.3, 0.4) is 0 Å². The quantitative estimate of drug-likeness (QED) is 0.600. The summed E-state index contributed by atoms with van der Waals surface area (Å²) in [5.74, 6) is 0. The molecule has 0 bridgehead atoms. The van der Waals surface area contributed by atoms with E-state index >= 15 is 0 Å². The number of rotatable bonds is 3. The van der Waals surface area contributed by atoms with E-state index in [4.69, 9.17) is 0 Å². The fourth-order valence-corrected chi connectivity index (χ4v) is 4.06. The lowest BCUT2D eigenvalue weighted by atomic mass is 9.94. The van der Waals surface area contributed by atoms with E-state index in [0.29, 0.717) is 0 Å². The number of hydrogen-bond acceptors (Lipinski definition) is 1. The molecule has 0 radical (unpaired) electrons. The summed E-state index contributed by atoms with van der Waals surface area (Å²) in [7, 11) is 2.00. The highest BCUT2D eigenvalue weighted by Gasteiger charge is 2.18. The number of benzene rings is 2. The summed E-state index contributed by atoms with van der Waals surface area (Å²) in [6.45, 7) is 4.27. The van der Waals surface area contributed by atoms with Gasteiger partial charge in [0.15, 0.2) is 0 Å². The average Bonchev–Trinajstić information content (AvgIpc) is 2.38. The largest absolute Gasteiger partial charge is 0.309 e. The highest BCUT2D eigenvalue weighted by atomic mass is 79.9. The molecule has 0 aliphatic carbocycles. The molecule has 20 heavy (non-hydrogen) atoms. The monoisotopic (exact) mass is 459 g/mol. The summed E-state index contributed by atoms with van der Waals surface area (Å²) in [6, 6.07) is 10.9. The van der Waals surface area contributed by atoms with Gasteiger partial charge in [0.1, 0.15) is 0 Å². The van der Waals surface area contributed by atoms with E-state index in [1.807, 2.05) is 7.05 Å². The zero-order valence-corrected chi connectivity index (χ0v) is 16.4. The molecule has 0 saturated carbocycles. The smallest absolute Gasteiger partial charge is 0.0588 e. The highest BCUT2D eigenvalue weighted by Crippen LogP contribution is 2.33. The molecule has 1 atom stereocenters. The summed E-state index contributed by atoms with van der Waals surface area (Å²) < 4.78 is 3.33. The maximum absolute atomic E-state index is 3.66. The van der Waals surface area contributed by atoms with Crippen molar-refractivity contribution in [3.63, 3.8) is 0 Å².